The second-order valence-corrected chi connectivity index (χ2v) is 6.64. The van der Waals surface area contributed by atoms with Gasteiger partial charge in [0, 0.05) is 29.3 Å². The highest BCUT2D eigenvalue weighted by molar-refractivity contribution is 8.00. The van der Waals surface area contributed by atoms with Crippen molar-refractivity contribution in [3.63, 3.8) is 0 Å². The Labute approximate surface area is 105 Å². The Morgan fingerprint density at radius 1 is 1.41 bits per heavy atom. The van der Waals surface area contributed by atoms with Crippen molar-refractivity contribution in [1.29, 1.82) is 5.26 Å². The molecule has 0 unspecified atom stereocenters. The van der Waals surface area contributed by atoms with Crippen molar-refractivity contribution in [2.45, 2.75) is 18.6 Å². The van der Waals surface area contributed by atoms with E-state index in [0.717, 1.165) is 24.5 Å². The van der Waals surface area contributed by atoms with Crippen LogP contribution in [-0.2, 0) is 0 Å². The van der Waals surface area contributed by atoms with Crippen LogP contribution in [0.15, 0.2) is 18.2 Å². The minimum absolute atomic E-state index is 0.178. The average molecular weight is 250 g/mol. The lowest BCUT2D eigenvalue weighted by molar-refractivity contribution is 0.619. The summed E-state index contributed by atoms with van der Waals surface area (Å²) >= 11 is 1.93. The first-order valence-corrected chi connectivity index (χ1v) is 6.58. The van der Waals surface area contributed by atoms with Crippen molar-refractivity contribution >= 4 is 17.4 Å². The van der Waals surface area contributed by atoms with Gasteiger partial charge in [-0.15, -0.1) is 0 Å². The van der Waals surface area contributed by atoms with Gasteiger partial charge in [0.25, 0.3) is 0 Å². The van der Waals surface area contributed by atoms with E-state index < -0.39 is 0 Å². The van der Waals surface area contributed by atoms with Crippen molar-refractivity contribution in [2.24, 2.45) is 0 Å². The number of nitrogens with zero attached hydrogens (tertiary/aromatic N) is 2. The van der Waals surface area contributed by atoms with Crippen molar-refractivity contribution in [3.8, 4) is 6.07 Å². The van der Waals surface area contributed by atoms with Crippen molar-refractivity contribution in [3.05, 3.63) is 29.6 Å². The molecule has 0 spiro atoms. The highest BCUT2D eigenvalue weighted by Crippen LogP contribution is 2.32. The summed E-state index contributed by atoms with van der Waals surface area (Å²) in [4.78, 5) is 2.15. The highest BCUT2D eigenvalue weighted by Gasteiger charge is 2.27. The zero-order valence-electron chi connectivity index (χ0n) is 10.0. The molecule has 0 radical (unpaired) electrons. The first-order chi connectivity index (χ1) is 8.00. The molecule has 2 rings (SSSR count). The molecule has 1 aliphatic rings. The van der Waals surface area contributed by atoms with Gasteiger partial charge in [0.15, 0.2) is 0 Å². The number of nitriles is 1. The summed E-state index contributed by atoms with van der Waals surface area (Å²) in [5.74, 6) is 0.695. The predicted molar refractivity (Wildman–Crippen MR) is 69.9 cm³/mol. The lowest BCUT2D eigenvalue weighted by atomic mass is 10.1. The van der Waals surface area contributed by atoms with E-state index in [1.807, 2.05) is 17.8 Å². The smallest absolute Gasteiger partial charge is 0.126 e. The van der Waals surface area contributed by atoms with Crippen LogP contribution in [-0.4, -0.2) is 23.6 Å². The molecule has 0 amide bonds. The molecule has 1 aromatic carbocycles. The largest absolute Gasteiger partial charge is 0.369 e. The fourth-order valence-corrected chi connectivity index (χ4v) is 3.17. The van der Waals surface area contributed by atoms with Gasteiger partial charge >= 0.3 is 0 Å². The van der Waals surface area contributed by atoms with E-state index in [1.54, 1.807) is 6.07 Å². The molecule has 1 saturated heterocycles. The molecule has 17 heavy (non-hydrogen) atoms. The second-order valence-electron chi connectivity index (χ2n) is 4.84. The molecule has 0 aromatic heterocycles. The zero-order chi connectivity index (χ0) is 12.5. The van der Waals surface area contributed by atoms with Gasteiger partial charge in [-0.1, -0.05) is 0 Å². The Hall–Kier alpha value is -1.21. The van der Waals surface area contributed by atoms with Gasteiger partial charge in [-0.05, 0) is 32.0 Å². The maximum absolute atomic E-state index is 13.4. The Balaban J connectivity index is 2.28. The Morgan fingerprint density at radius 2 is 2.18 bits per heavy atom. The third kappa shape index (κ3) is 2.92. The van der Waals surface area contributed by atoms with Crippen LogP contribution >= 0.6 is 11.8 Å². The van der Waals surface area contributed by atoms with Crippen LogP contribution < -0.4 is 4.90 Å². The number of benzene rings is 1. The summed E-state index contributed by atoms with van der Waals surface area (Å²) < 4.78 is 13.6. The number of hydrogen-bond donors (Lipinski definition) is 0. The summed E-state index contributed by atoms with van der Waals surface area (Å²) in [6, 6.07) is 6.53. The molecule has 4 heteroatoms. The predicted octanol–water partition coefficient (Wildman–Crippen LogP) is 3.03. The summed E-state index contributed by atoms with van der Waals surface area (Å²) in [7, 11) is 0. The van der Waals surface area contributed by atoms with Gasteiger partial charge in [-0.25, -0.2) is 4.39 Å². The second kappa shape index (κ2) is 4.58. The number of halogens is 1. The van der Waals surface area contributed by atoms with Crippen molar-refractivity contribution < 1.29 is 4.39 Å². The minimum Gasteiger partial charge on any atom is -0.369 e. The fraction of sp³-hybridized carbons (Fsp3) is 0.462. The van der Waals surface area contributed by atoms with Crippen LogP contribution in [0.25, 0.3) is 0 Å². The Morgan fingerprint density at radius 3 is 2.82 bits per heavy atom. The standard InChI is InChI=1S/C13H15FN2S/c1-13(2)9-16(3-4-17-13)12-6-10(8-15)5-11(14)7-12/h5-7H,3-4,9H2,1-2H3. The lowest BCUT2D eigenvalue weighted by Gasteiger charge is -2.39. The SMILES string of the molecule is CC1(C)CN(c2cc(F)cc(C#N)c2)CCS1. The number of anilines is 1. The molecule has 0 aliphatic carbocycles. The molecule has 90 valence electrons. The molecule has 2 nitrogen and oxygen atoms in total. The first-order valence-electron chi connectivity index (χ1n) is 5.60. The monoisotopic (exact) mass is 250 g/mol. The van der Waals surface area contributed by atoms with E-state index in [2.05, 4.69) is 18.7 Å². The minimum atomic E-state index is -0.338. The van der Waals surface area contributed by atoms with Crippen molar-refractivity contribution in [2.75, 3.05) is 23.7 Å². The van der Waals surface area contributed by atoms with Gasteiger partial charge in [-0.3, -0.25) is 0 Å². The number of thioether (sulfide) groups is 1. The summed E-state index contributed by atoms with van der Waals surface area (Å²) in [5, 5.41) is 8.85. The van der Waals surface area contributed by atoms with Crippen LogP contribution in [0.5, 0.6) is 0 Å². The maximum Gasteiger partial charge on any atom is 0.126 e. The van der Waals surface area contributed by atoms with Crippen LogP contribution in [0.1, 0.15) is 19.4 Å². The zero-order valence-corrected chi connectivity index (χ0v) is 10.9. The van der Waals surface area contributed by atoms with E-state index in [-0.39, 0.29) is 10.6 Å². The van der Waals surface area contributed by atoms with Gasteiger partial charge in [-0.2, -0.15) is 17.0 Å². The van der Waals surface area contributed by atoms with E-state index in [0.29, 0.717) is 5.56 Å². The van der Waals surface area contributed by atoms with E-state index >= 15 is 0 Å². The molecular weight excluding hydrogens is 235 g/mol. The topological polar surface area (TPSA) is 27.0 Å². The fourth-order valence-electron chi connectivity index (χ4n) is 2.06. The third-order valence-electron chi connectivity index (χ3n) is 2.80. The van der Waals surface area contributed by atoms with Gasteiger partial charge < -0.3 is 4.90 Å². The van der Waals surface area contributed by atoms with Crippen LogP contribution in [0, 0.1) is 17.1 Å². The Bertz CT molecular complexity index is 465. The summed E-state index contributed by atoms with van der Waals surface area (Å²) in [5.41, 5.74) is 1.20. The van der Waals surface area contributed by atoms with Crippen LogP contribution in [0.3, 0.4) is 0 Å². The van der Waals surface area contributed by atoms with Crippen molar-refractivity contribution in [1.82, 2.24) is 0 Å². The molecule has 0 atom stereocenters. The summed E-state index contributed by atoms with van der Waals surface area (Å²) in [6.07, 6.45) is 0. The highest BCUT2D eigenvalue weighted by atomic mass is 32.2. The molecule has 0 bridgehead atoms. The first kappa shape index (κ1) is 12.3. The van der Waals surface area contributed by atoms with E-state index in [9.17, 15) is 4.39 Å². The normalized spacial score (nSPS) is 18.8. The molecule has 0 N–H and O–H groups in total. The Kier molecular flexibility index (Phi) is 3.30. The molecule has 1 heterocycles. The van der Waals surface area contributed by atoms with Crippen LogP contribution in [0.4, 0.5) is 10.1 Å². The maximum atomic E-state index is 13.4. The average Bonchev–Trinajstić information content (AvgIpc) is 2.27. The quantitative estimate of drug-likeness (QED) is 0.766. The van der Waals surface area contributed by atoms with E-state index in [4.69, 9.17) is 5.26 Å². The van der Waals surface area contributed by atoms with Gasteiger partial charge in [0.05, 0.1) is 11.6 Å². The van der Waals surface area contributed by atoms with Crippen LogP contribution in [0.2, 0.25) is 0 Å². The summed E-state index contributed by atoms with van der Waals surface area (Å²) in [6.45, 7) is 6.16. The molecule has 1 aromatic rings. The molecule has 1 fully saturated rings. The lowest BCUT2D eigenvalue weighted by Crippen LogP contribution is -2.43. The third-order valence-corrected chi connectivity index (χ3v) is 4.10. The van der Waals surface area contributed by atoms with Gasteiger partial charge in [0.1, 0.15) is 5.82 Å². The van der Waals surface area contributed by atoms with Gasteiger partial charge in [0.2, 0.25) is 0 Å². The molecular formula is C13H15FN2S. The molecule has 1 aliphatic heterocycles. The number of hydrogen-bond acceptors (Lipinski definition) is 3. The number of rotatable bonds is 1. The van der Waals surface area contributed by atoms with E-state index in [1.165, 1.54) is 12.1 Å². The molecule has 0 saturated carbocycles.